The zero-order valence-corrected chi connectivity index (χ0v) is 12.1. The SMILES string of the molecule is CCC/C(OB(CC)CC)=C(/I)CC. The fourth-order valence-corrected chi connectivity index (χ4v) is 1.74. The Bertz CT molecular complexity index is 176. The van der Waals surface area contributed by atoms with Crippen LogP contribution in [0.5, 0.6) is 0 Å². The Hall–Kier alpha value is 0.335. The minimum atomic E-state index is 0.410. The smallest absolute Gasteiger partial charge is 0.356 e. The van der Waals surface area contributed by atoms with Gasteiger partial charge in [-0.25, -0.2) is 0 Å². The van der Waals surface area contributed by atoms with Crippen LogP contribution in [0.2, 0.25) is 12.6 Å². The maximum Gasteiger partial charge on any atom is 0.356 e. The highest BCUT2D eigenvalue weighted by Gasteiger charge is 2.14. The van der Waals surface area contributed by atoms with Crippen LogP contribution >= 0.6 is 22.6 Å². The van der Waals surface area contributed by atoms with Gasteiger partial charge < -0.3 is 4.65 Å². The molecule has 0 saturated heterocycles. The summed E-state index contributed by atoms with van der Waals surface area (Å²) in [5.41, 5.74) is 0. The molecular weight excluding hydrogens is 286 g/mol. The molecule has 0 atom stereocenters. The van der Waals surface area contributed by atoms with Crippen LogP contribution in [-0.4, -0.2) is 6.92 Å². The minimum Gasteiger partial charge on any atom is -0.563 e. The Balaban J connectivity index is 4.35. The van der Waals surface area contributed by atoms with Crippen molar-refractivity contribution in [3.05, 3.63) is 9.34 Å². The topological polar surface area (TPSA) is 9.23 Å². The molecule has 0 rings (SSSR count). The van der Waals surface area contributed by atoms with E-state index in [4.69, 9.17) is 4.65 Å². The highest BCUT2D eigenvalue weighted by atomic mass is 127. The van der Waals surface area contributed by atoms with Crippen LogP contribution in [0.25, 0.3) is 0 Å². The van der Waals surface area contributed by atoms with Crippen LogP contribution in [0.1, 0.15) is 47.0 Å². The van der Waals surface area contributed by atoms with E-state index < -0.39 is 0 Å². The van der Waals surface area contributed by atoms with E-state index in [1.165, 1.54) is 15.8 Å². The summed E-state index contributed by atoms with van der Waals surface area (Å²) in [7, 11) is 0. The molecule has 0 aliphatic rings. The quantitative estimate of drug-likeness (QED) is 0.369. The van der Waals surface area contributed by atoms with E-state index in [2.05, 4.69) is 50.3 Å². The molecule has 0 aromatic heterocycles. The Morgan fingerprint density at radius 1 is 1.14 bits per heavy atom. The lowest BCUT2D eigenvalue weighted by molar-refractivity contribution is 0.403. The molecule has 0 spiro atoms. The highest BCUT2D eigenvalue weighted by Crippen LogP contribution is 2.23. The second-order valence-electron chi connectivity index (χ2n) is 3.49. The number of hydrogen-bond donors (Lipinski definition) is 0. The predicted molar refractivity (Wildman–Crippen MR) is 74.0 cm³/mol. The van der Waals surface area contributed by atoms with Crippen molar-refractivity contribution in [2.75, 3.05) is 0 Å². The number of allylic oxidation sites excluding steroid dienone is 2. The van der Waals surface area contributed by atoms with E-state index in [1.807, 2.05) is 0 Å². The third kappa shape index (κ3) is 5.27. The molecule has 0 N–H and O–H groups in total. The third-order valence-corrected chi connectivity index (χ3v) is 3.67. The summed E-state index contributed by atoms with van der Waals surface area (Å²) in [5.74, 6) is 1.23. The van der Waals surface area contributed by atoms with Gasteiger partial charge in [0.1, 0.15) is 0 Å². The first-order chi connectivity index (χ1) is 6.69. The first-order valence-electron chi connectivity index (χ1n) is 5.73. The standard InChI is InChI=1S/C11H22BIO/c1-5-9-11(10(13)6-2)14-12(7-3)8-4/h5-9H2,1-4H3/b11-10-. The summed E-state index contributed by atoms with van der Waals surface area (Å²) in [4.78, 5) is 0. The molecule has 82 valence electrons. The van der Waals surface area contributed by atoms with E-state index >= 15 is 0 Å². The lowest BCUT2D eigenvalue weighted by atomic mass is 9.62. The van der Waals surface area contributed by atoms with Gasteiger partial charge in [-0.15, -0.1) is 0 Å². The monoisotopic (exact) mass is 308 g/mol. The number of rotatable bonds is 7. The maximum absolute atomic E-state index is 6.01. The molecule has 0 aromatic rings. The lowest BCUT2D eigenvalue weighted by Crippen LogP contribution is -2.15. The summed E-state index contributed by atoms with van der Waals surface area (Å²) >= 11 is 2.41. The van der Waals surface area contributed by atoms with E-state index in [0.29, 0.717) is 6.92 Å². The predicted octanol–water partition coefficient (Wildman–Crippen LogP) is 4.89. The number of halogens is 1. The second kappa shape index (κ2) is 8.63. The molecule has 0 fully saturated rings. The van der Waals surface area contributed by atoms with Gasteiger partial charge in [0.05, 0.1) is 5.76 Å². The van der Waals surface area contributed by atoms with Crippen molar-refractivity contribution in [1.29, 1.82) is 0 Å². The summed E-state index contributed by atoms with van der Waals surface area (Å²) < 4.78 is 7.40. The molecule has 0 heterocycles. The Morgan fingerprint density at radius 2 is 1.71 bits per heavy atom. The first-order valence-corrected chi connectivity index (χ1v) is 6.81. The van der Waals surface area contributed by atoms with Gasteiger partial charge in [0.2, 0.25) is 0 Å². The Morgan fingerprint density at radius 3 is 2.07 bits per heavy atom. The normalized spacial score (nSPS) is 12.4. The highest BCUT2D eigenvalue weighted by molar-refractivity contribution is 14.1. The summed E-state index contributed by atoms with van der Waals surface area (Å²) in [6.45, 7) is 9.18. The van der Waals surface area contributed by atoms with Gasteiger partial charge >= 0.3 is 6.92 Å². The van der Waals surface area contributed by atoms with Crippen LogP contribution < -0.4 is 0 Å². The van der Waals surface area contributed by atoms with E-state index in [9.17, 15) is 0 Å². The van der Waals surface area contributed by atoms with Crippen molar-refractivity contribution < 1.29 is 4.65 Å². The second-order valence-corrected chi connectivity index (χ2v) is 4.79. The van der Waals surface area contributed by atoms with Crippen molar-refractivity contribution in [3.63, 3.8) is 0 Å². The molecule has 0 amide bonds. The van der Waals surface area contributed by atoms with Crippen molar-refractivity contribution in [2.24, 2.45) is 0 Å². The first kappa shape index (κ1) is 14.3. The van der Waals surface area contributed by atoms with Gasteiger partial charge in [-0.1, -0.05) is 27.7 Å². The van der Waals surface area contributed by atoms with Crippen LogP contribution in [-0.2, 0) is 4.65 Å². The molecule has 0 unspecified atom stereocenters. The van der Waals surface area contributed by atoms with Gasteiger partial charge in [-0.3, -0.25) is 0 Å². The molecule has 0 radical (unpaired) electrons. The van der Waals surface area contributed by atoms with Gasteiger partial charge in [0.15, 0.2) is 0 Å². The van der Waals surface area contributed by atoms with Gasteiger partial charge in [0.25, 0.3) is 0 Å². The summed E-state index contributed by atoms with van der Waals surface area (Å²) in [6.07, 6.45) is 5.56. The maximum atomic E-state index is 6.01. The van der Waals surface area contributed by atoms with Crippen LogP contribution in [0.15, 0.2) is 9.34 Å². The Kier molecular flexibility index (Phi) is 8.83. The van der Waals surface area contributed by atoms with Gasteiger partial charge in [-0.05, 0) is 48.1 Å². The molecule has 0 saturated carbocycles. The van der Waals surface area contributed by atoms with Crippen molar-refractivity contribution in [1.82, 2.24) is 0 Å². The molecule has 3 heteroatoms. The van der Waals surface area contributed by atoms with E-state index in [0.717, 1.165) is 25.5 Å². The van der Waals surface area contributed by atoms with Gasteiger partial charge in [-0.2, -0.15) is 0 Å². The molecule has 14 heavy (non-hydrogen) atoms. The molecule has 0 aromatic carbocycles. The minimum absolute atomic E-state index is 0.410. The molecule has 0 bridgehead atoms. The molecule has 1 nitrogen and oxygen atoms in total. The largest absolute Gasteiger partial charge is 0.563 e. The Labute approximate surface area is 103 Å². The average Bonchev–Trinajstić information content (AvgIpc) is 2.23. The number of hydrogen-bond acceptors (Lipinski definition) is 1. The third-order valence-electron chi connectivity index (χ3n) is 2.31. The lowest BCUT2D eigenvalue weighted by Gasteiger charge is -2.17. The summed E-state index contributed by atoms with van der Waals surface area (Å²) in [5, 5.41) is 0. The van der Waals surface area contributed by atoms with Crippen molar-refractivity contribution in [2.45, 2.75) is 59.6 Å². The molecular formula is C11H22BIO. The zero-order chi connectivity index (χ0) is 11.0. The van der Waals surface area contributed by atoms with Crippen LogP contribution in [0, 0.1) is 0 Å². The van der Waals surface area contributed by atoms with Crippen molar-refractivity contribution >= 4 is 29.5 Å². The van der Waals surface area contributed by atoms with Crippen LogP contribution in [0.3, 0.4) is 0 Å². The fraction of sp³-hybridized carbons (Fsp3) is 0.818. The average molecular weight is 308 g/mol. The van der Waals surface area contributed by atoms with Gasteiger partial charge in [0, 0.05) is 10.0 Å². The van der Waals surface area contributed by atoms with E-state index in [1.54, 1.807) is 0 Å². The van der Waals surface area contributed by atoms with Crippen LogP contribution in [0.4, 0.5) is 0 Å². The van der Waals surface area contributed by atoms with Crippen molar-refractivity contribution in [3.8, 4) is 0 Å². The molecule has 0 aliphatic heterocycles. The summed E-state index contributed by atoms with van der Waals surface area (Å²) in [6, 6.07) is 0. The molecule has 0 aliphatic carbocycles. The van der Waals surface area contributed by atoms with E-state index in [-0.39, 0.29) is 0 Å². The fourth-order valence-electron chi connectivity index (χ4n) is 1.34. The zero-order valence-electron chi connectivity index (χ0n) is 9.90.